The average Bonchev–Trinajstić information content (AvgIpc) is 2.89. The van der Waals surface area contributed by atoms with Gasteiger partial charge in [0, 0.05) is 17.0 Å². The summed E-state index contributed by atoms with van der Waals surface area (Å²) in [6, 6.07) is 8.19. The molecule has 4 heteroatoms. The van der Waals surface area contributed by atoms with E-state index in [1.165, 1.54) is 10.6 Å². The number of hydrogen-bond donors (Lipinski definition) is 1. The minimum Gasteiger partial charge on any atom is -0.494 e. The maximum Gasteiger partial charge on any atom is 0.123 e. The predicted molar refractivity (Wildman–Crippen MR) is 85.5 cm³/mol. The van der Waals surface area contributed by atoms with Gasteiger partial charge in [-0.1, -0.05) is 13.8 Å². The fraction of sp³-hybridized carbons (Fsp3) is 0.438. The third kappa shape index (κ3) is 3.58. The molecule has 0 aliphatic heterocycles. The molecular weight excluding hydrogens is 268 g/mol. The molecule has 0 aliphatic carbocycles. The molecule has 0 radical (unpaired) electrons. The molecule has 1 aromatic heterocycles. The van der Waals surface area contributed by atoms with Gasteiger partial charge in [0.05, 0.1) is 12.3 Å². The Labute approximate surface area is 125 Å². The molecule has 3 nitrogen and oxygen atoms in total. The highest BCUT2D eigenvalue weighted by Gasteiger charge is 2.11. The lowest BCUT2D eigenvalue weighted by atomic mass is 10.2. The van der Waals surface area contributed by atoms with Crippen molar-refractivity contribution in [3.63, 3.8) is 0 Å². The Kier molecular flexibility index (Phi) is 5.56. The normalized spacial score (nSPS) is 10.8. The van der Waals surface area contributed by atoms with Crippen LogP contribution in [0.1, 0.15) is 31.3 Å². The fourth-order valence-electron chi connectivity index (χ4n) is 2.02. The van der Waals surface area contributed by atoms with Gasteiger partial charge in [-0.25, -0.2) is 4.98 Å². The van der Waals surface area contributed by atoms with Crippen molar-refractivity contribution in [3.05, 3.63) is 34.8 Å². The minimum atomic E-state index is 0.698. The van der Waals surface area contributed by atoms with Crippen LogP contribution in [0.5, 0.6) is 5.75 Å². The topological polar surface area (TPSA) is 34.1 Å². The summed E-state index contributed by atoms with van der Waals surface area (Å²) in [6.45, 7) is 8.87. The van der Waals surface area contributed by atoms with Crippen molar-refractivity contribution in [1.82, 2.24) is 10.3 Å². The molecule has 0 aliphatic rings. The number of benzene rings is 1. The molecule has 2 rings (SSSR count). The quantitative estimate of drug-likeness (QED) is 0.840. The molecule has 0 bridgehead atoms. The fourth-order valence-corrected chi connectivity index (χ4v) is 3.15. The SMILES string of the molecule is CCNCc1sc(-c2ccc(OCC)cc2)nc1CC. The van der Waals surface area contributed by atoms with Gasteiger partial charge in [0.1, 0.15) is 10.8 Å². The zero-order valence-corrected chi connectivity index (χ0v) is 13.2. The molecular formula is C16H22N2OS. The largest absolute Gasteiger partial charge is 0.494 e. The van der Waals surface area contributed by atoms with Crippen molar-refractivity contribution in [2.45, 2.75) is 33.7 Å². The molecule has 0 atom stereocenters. The third-order valence-electron chi connectivity index (χ3n) is 3.06. The van der Waals surface area contributed by atoms with Crippen molar-refractivity contribution in [2.24, 2.45) is 0 Å². The lowest BCUT2D eigenvalue weighted by Crippen LogP contribution is -2.11. The Hall–Kier alpha value is -1.39. The number of aryl methyl sites for hydroxylation is 1. The summed E-state index contributed by atoms with van der Waals surface area (Å²) in [5, 5.41) is 4.48. The summed E-state index contributed by atoms with van der Waals surface area (Å²) in [7, 11) is 0. The number of nitrogens with zero attached hydrogens (tertiary/aromatic N) is 1. The first-order valence-electron chi connectivity index (χ1n) is 7.21. The summed E-state index contributed by atoms with van der Waals surface area (Å²) in [5.41, 5.74) is 2.37. The highest BCUT2D eigenvalue weighted by molar-refractivity contribution is 7.15. The summed E-state index contributed by atoms with van der Waals surface area (Å²) < 4.78 is 5.47. The minimum absolute atomic E-state index is 0.698. The standard InChI is InChI=1S/C16H22N2OS/c1-4-14-15(11-17-5-2)20-16(18-14)12-7-9-13(10-8-12)19-6-3/h7-10,17H,4-6,11H2,1-3H3. The van der Waals surface area contributed by atoms with Crippen LogP contribution in [0.25, 0.3) is 10.6 Å². The van der Waals surface area contributed by atoms with E-state index in [0.29, 0.717) is 6.61 Å². The van der Waals surface area contributed by atoms with Gasteiger partial charge < -0.3 is 10.1 Å². The van der Waals surface area contributed by atoms with Crippen LogP contribution >= 0.6 is 11.3 Å². The van der Waals surface area contributed by atoms with Crippen molar-refractivity contribution in [3.8, 4) is 16.3 Å². The van der Waals surface area contributed by atoms with Crippen LogP contribution in [0.15, 0.2) is 24.3 Å². The Morgan fingerprint density at radius 1 is 1.15 bits per heavy atom. The van der Waals surface area contributed by atoms with E-state index in [1.54, 1.807) is 11.3 Å². The predicted octanol–water partition coefficient (Wildman–Crippen LogP) is 3.88. The van der Waals surface area contributed by atoms with Crippen molar-refractivity contribution < 1.29 is 4.74 Å². The molecule has 1 heterocycles. The Morgan fingerprint density at radius 2 is 1.90 bits per heavy atom. The number of ether oxygens (including phenoxy) is 1. The van der Waals surface area contributed by atoms with Crippen LogP contribution in [-0.2, 0) is 13.0 Å². The molecule has 0 spiro atoms. The van der Waals surface area contributed by atoms with Crippen LogP contribution < -0.4 is 10.1 Å². The first-order chi connectivity index (χ1) is 9.78. The number of rotatable bonds is 7. The van der Waals surface area contributed by atoms with Gasteiger partial charge in [0.15, 0.2) is 0 Å². The van der Waals surface area contributed by atoms with Crippen molar-refractivity contribution in [2.75, 3.05) is 13.2 Å². The van der Waals surface area contributed by atoms with Crippen LogP contribution in [0.4, 0.5) is 0 Å². The van der Waals surface area contributed by atoms with E-state index in [0.717, 1.165) is 35.8 Å². The second-order valence-electron chi connectivity index (χ2n) is 4.48. The van der Waals surface area contributed by atoms with E-state index in [1.807, 2.05) is 19.1 Å². The smallest absolute Gasteiger partial charge is 0.123 e. The molecule has 0 unspecified atom stereocenters. The summed E-state index contributed by atoms with van der Waals surface area (Å²) in [6.07, 6.45) is 0.980. The van der Waals surface area contributed by atoms with E-state index in [2.05, 4.69) is 31.3 Å². The molecule has 1 N–H and O–H groups in total. The molecule has 2 aromatic rings. The maximum atomic E-state index is 5.47. The molecule has 0 saturated heterocycles. The molecule has 20 heavy (non-hydrogen) atoms. The highest BCUT2D eigenvalue weighted by Crippen LogP contribution is 2.29. The molecule has 1 aromatic carbocycles. The van der Waals surface area contributed by atoms with Gasteiger partial charge in [-0.2, -0.15) is 0 Å². The number of thiazole rings is 1. The number of aromatic nitrogens is 1. The van der Waals surface area contributed by atoms with E-state index >= 15 is 0 Å². The molecule has 0 fully saturated rings. The van der Waals surface area contributed by atoms with Crippen LogP contribution in [0.3, 0.4) is 0 Å². The summed E-state index contributed by atoms with van der Waals surface area (Å²) >= 11 is 1.78. The summed E-state index contributed by atoms with van der Waals surface area (Å²) in [5.74, 6) is 0.913. The lowest BCUT2D eigenvalue weighted by molar-refractivity contribution is 0.340. The van der Waals surface area contributed by atoms with Gasteiger partial charge in [-0.15, -0.1) is 11.3 Å². The second-order valence-corrected chi connectivity index (χ2v) is 5.56. The zero-order valence-electron chi connectivity index (χ0n) is 12.4. The number of hydrogen-bond acceptors (Lipinski definition) is 4. The zero-order chi connectivity index (χ0) is 14.4. The van der Waals surface area contributed by atoms with E-state index in [4.69, 9.17) is 9.72 Å². The molecule has 108 valence electrons. The first-order valence-corrected chi connectivity index (χ1v) is 8.02. The summed E-state index contributed by atoms with van der Waals surface area (Å²) in [4.78, 5) is 6.11. The Bertz CT molecular complexity index is 534. The van der Waals surface area contributed by atoms with Gasteiger partial charge in [-0.3, -0.25) is 0 Å². The van der Waals surface area contributed by atoms with Gasteiger partial charge in [0.25, 0.3) is 0 Å². The van der Waals surface area contributed by atoms with Crippen LogP contribution in [0, 0.1) is 0 Å². The Balaban J connectivity index is 2.21. The van der Waals surface area contributed by atoms with Crippen LogP contribution in [0.2, 0.25) is 0 Å². The van der Waals surface area contributed by atoms with Gasteiger partial charge in [-0.05, 0) is 44.2 Å². The average molecular weight is 290 g/mol. The van der Waals surface area contributed by atoms with Gasteiger partial charge >= 0.3 is 0 Å². The van der Waals surface area contributed by atoms with E-state index < -0.39 is 0 Å². The number of nitrogens with one attached hydrogen (secondary N) is 1. The third-order valence-corrected chi connectivity index (χ3v) is 4.21. The maximum absolute atomic E-state index is 5.47. The van der Waals surface area contributed by atoms with Crippen LogP contribution in [-0.4, -0.2) is 18.1 Å². The molecule has 0 amide bonds. The monoisotopic (exact) mass is 290 g/mol. The highest BCUT2D eigenvalue weighted by atomic mass is 32.1. The second kappa shape index (κ2) is 7.41. The van der Waals surface area contributed by atoms with E-state index in [9.17, 15) is 0 Å². The Morgan fingerprint density at radius 3 is 2.50 bits per heavy atom. The lowest BCUT2D eigenvalue weighted by Gasteiger charge is -2.02. The van der Waals surface area contributed by atoms with Crippen molar-refractivity contribution in [1.29, 1.82) is 0 Å². The van der Waals surface area contributed by atoms with Gasteiger partial charge in [0.2, 0.25) is 0 Å². The first kappa shape index (κ1) is 15.0. The van der Waals surface area contributed by atoms with E-state index in [-0.39, 0.29) is 0 Å². The van der Waals surface area contributed by atoms with Crippen molar-refractivity contribution >= 4 is 11.3 Å². The molecule has 0 saturated carbocycles.